The Morgan fingerprint density at radius 1 is 1.00 bits per heavy atom. The van der Waals surface area contributed by atoms with Gasteiger partial charge in [-0.2, -0.15) is 0 Å². The highest BCUT2D eigenvalue weighted by Gasteiger charge is 2.20. The topological polar surface area (TPSA) is 144 Å². The van der Waals surface area contributed by atoms with E-state index in [4.69, 9.17) is 0 Å². The number of thioether (sulfide) groups is 1. The van der Waals surface area contributed by atoms with Crippen molar-refractivity contribution in [1.29, 1.82) is 0 Å². The second-order valence-corrected chi connectivity index (χ2v) is 6.28. The quantitative estimate of drug-likeness (QED) is 0.419. The predicted molar refractivity (Wildman–Crippen MR) is 99.9 cm³/mol. The molecule has 2 amide bonds. The second kappa shape index (κ2) is 8.76. The number of carbonyl (C=O) groups excluding carboxylic acids is 2. The first-order valence-electron chi connectivity index (χ1n) is 7.49. The summed E-state index contributed by atoms with van der Waals surface area (Å²) in [6.07, 6.45) is 0. The van der Waals surface area contributed by atoms with Crippen LogP contribution in [-0.4, -0.2) is 27.4 Å². The Morgan fingerprint density at radius 3 is 2.26 bits per heavy atom. The molecule has 0 aliphatic carbocycles. The highest BCUT2D eigenvalue weighted by Crippen LogP contribution is 2.32. The van der Waals surface area contributed by atoms with Gasteiger partial charge in [-0.05, 0) is 24.3 Å². The van der Waals surface area contributed by atoms with Gasteiger partial charge < -0.3 is 10.6 Å². The molecule has 0 unspecified atom stereocenters. The van der Waals surface area contributed by atoms with Gasteiger partial charge in [-0.1, -0.05) is 6.07 Å². The second-order valence-electron chi connectivity index (χ2n) is 5.27. The highest BCUT2D eigenvalue weighted by molar-refractivity contribution is 8.00. The van der Waals surface area contributed by atoms with Crippen LogP contribution in [0, 0.1) is 20.2 Å². The van der Waals surface area contributed by atoms with Gasteiger partial charge in [0.15, 0.2) is 0 Å². The van der Waals surface area contributed by atoms with Crippen LogP contribution in [0.4, 0.5) is 22.7 Å². The zero-order valence-electron chi connectivity index (χ0n) is 14.0. The lowest BCUT2D eigenvalue weighted by Crippen LogP contribution is -2.14. The molecule has 0 saturated carbocycles. The third kappa shape index (κ3) is 5.78. The highest BCUT2D eigenvalue weighted by atomic mass is 32.2. The summed E-state index contributed by atoms with van der Waals surface area (Å²) in [5.41, 5.74) is 0.129. The largest absolute Gasteiger partial charge is 0.326 e. The van der Waals surface area contributed by atoms with E-state index in [-0.39, 0.29) is 16.6 Å². The van der Waals surface area contributed by atoms with E-state index in [2.05, 4.69) is 10.6 Å². The lowest BCUT2D eigenvalue weighted by atomic mass is 10.2. The molecule has 0 aromatic heterocycles. The average molecular weight is 390 g/mol. The molecule has 0 aliphatic rings. The van der Waals surface area contributed by atoms with E-state index in [9.17, 15) is 29.8 Å². The van der Waals surface area contributed by atoms with E-state index in [0.29, 0.717) is 11.4 Å². The smallest absolute Gasteiger partial charge is 0.289 e. The van der Waals surface area contributed by atoms with E-state index in [0.717, 1.165) is 23.9 Å². The third-order valence-electron chi connectivity index (χ3n) is 3.18. The van der Waals surface area contributed by atoms with Crippen molar-refractivity contribution >= 4 is 46.3 Å². The Bertz CT molecular complexity index is 918. The first-order chi connectivity index (χ1) is 12.8. The standard InChI is InChI=1S/C16H14N4O6S/c1-10(21)17-11-3-2-4-12(7-11)18-16(22)9-27-15-6-5-13(19(23)24)8-14(15)20(25)26/h2-8H,9H2,1H3,(H,17,21)(H,18,22). The van der Waals surface area contributed by atoms with Crippen molar-refractivity contribution in [3.05, 3.63) is 62.7 Å². The van der Waals surface area contributed by atoms with Gasteiger partial charge in [0.2, 0.25) is 11.8 Å². The van der Waals surface area contributed by atoms with Gasteiger partial charge in [0, 0.05) is 24.4 Å². The normalized spacial score (nSPS) is 10.1. The molecular weight excluding hydrogens is 376 g/mol. The summed E-state index contributed by atoms with van der Waals surface area (Å²) < 4.78 is 0. The van der Waals surface area contributed by atoms with Crippen molar-refractivity contribution in [2.45, 2.75) is 11.8 Å². The minimum absolute atomic E-state index is 0.136. The van der Waals surface area contributed by atoms with Crippen molar-refractivity contribution in [2.75, 3.05) is 16.4 Å². The number of carbonyl (C=O) groups is 2. The van der Waals surface area contributed by atoms with Crippen LogP contribution in [0.15, 0.2) is 47.4 Å². The molecule has 0 radical (unpaired) electrons. The number of benzene rings is 2. The summed E-state index contributed by atoms with van der Waals surface area (Å²) in [7, 11) is 0. The number of non-ortho nitro benzene ring substituents is 1. The molecule has 10 nitrogen and oxygen atoms in total. The fourth-order valence-corrected chi connectivity index (χ4v) is 2.91. The Hall–Kier alpha value is -3.47. The molecule has 0 spiro atoms. The number of anilines is 2. The zero-order chi connectivity index (χ0) is 20.0. The van der Waals surface area contributed by atoms with Gasteiger partial charge >= 0.3 is 0 Å². The Balaban J connectivity index is 2.04. The van der Waals surface area contributed by atoms with Crippen LogP contribution < -0.4 is 10.6 Å². The summed E-state index contributed by atoms with van der Waals surface area (Å²) in [6, 6.07) is 9.74. The Morgan fingerprint density at radius 2 is 1.67 bits per heavy atom. The number of nitro groups is 2. The van der Waals surface area contributed by atoms with Gasteiger partial charge in [0.05, 0.1) is 26.6 Å². The number of hydrogen-bond acceptors (Lipinski definition) is 7. The molecule has 27 heavy (non-hydrogen) atoms. The third-order valence-corrected chi connectivity index (χ3v) is 4.24. The van der Waals surface area contributed by atoms with Crippen LogP contribution in [0.2, 0.25) is 0 Å². The molecule has 2 rings (SSSR count). The molecule has 11 heteroatoms. The molecule has 0 fully saturated rings. The summed E-state index contributed by atoms with van der Waals surface area (Å²) in [4.78, 5) is 43.7. The molecule has 0 aliphatic heterocycles. The van der Waals surface area contributed by atoms with Gasteiger partial charge in [-0.25, -0.2) is 0 Å². The van der Waals surface area contributed by atoms with Crippen LogP contribution in [0.3, 0.4) is 0 Å². The number of nitrogens with one attached hydrogen (secondary N) is 2. The SMILES string of the molecule is CC(=O)Nc1cccc(NC(=O)CSc2ccc([N+](=O)[O-])cc2[N+](=O)[O-])c1. The van der Waals surface area contributed by atoms with Crippen LogP contribution in [0.25, 0.3) is 0 Å². The van der Waals surface area contributed by atoms with E-state index in [1.54, 1.807) is 24.3 Å². The first-order valence-corrected chi connectivity index (χ1v) is 8.48. The maximum atomic E-state index is 12.1. The van der Waals surface area contributed by atoms with Crippen LogP contribution in [-0.2, 0) is 9.59 Å². The van der Waals surface area contributed by atoms with Gasteiger partial charge in [0.1, 0.15) is 0 Å². The lowest BCUT2D eigenvalue weighted by molar-refractivity contribution is -0.396. The number of hydrogen-bond donors (Lipinski definition) is 2. The lowest BCUT2D eigenvalue weighted by Gasteiger charge is -2.08. The van der Waals surface area contributed by atoms with Crippen LogP contribution in [0.5, 0.6) is 0 Å². The van der Waals surface area contributed by atoms with Gasteiger partial charge in [0.25, 0.3) is 11.4 Å². The van der Waals surface area contributed by atoms with Crippen LogP contribution >= 0.6 is 11.8 Å². The van der Waals surface area contributed by atoms with Crippen molar-refractivity contribution in [2.24, 2.45) is 0 Å². The number of nitrogens with zero attached hydrogens (tertiary/aromatic N) is 2. The summed E-state index contributed by atoms with van der Waals surface area (Å²) >= 11 is 0.892. The van der Waals surface area contributed by atoms with E-state index in [1.165, 1.54) is 13.0 Å². The molecule has 2 N–H and O–H groups in total. The average Bonchev–Trinajstić information content (AvgIpc) is 2.59. The number of amides is 2. The summed E-state index contributed by atoms with van der Waals surface area (Å²) in [5.74, 6) is -0.810. The summed E-state index contributed by atoms with van der Waals surface area (Å²) in [5, 5.41) is 27.0. The minimum Gasteiger partial charge on any atom is -0.326 e. The van der Waals surface area contributed by atoms with Gasteiger partial charge in [-0.15, -0.1) is 11.8 Å². The number of rotatable bonds is 7. The van der Waals surface area contributed by atoms with Crippen LogP contribution in [0.1, 0.15) is 6.92 Å². The van der Waals surface area contributed by atoms with E-state index < -0.39 is 27.1 Å². The van der Waals surface area contributed by atoms with E-state index >= 15 is 0 Å². The molecule has 0 atom stereocenters. The fraction of sp³-hybridized carbons (Fsp3) is 0.125. The Kier molecular flexibility index (Phi) is 6.44. The van der Waals surface area contributed by atoms with Crippen molar-refractivity contribution in [1.82, 2.24) is 0 Å². The van der Waals surface area contributed by atoms with Crippen molar-refractivity contribution in [3.8, 4) is 0 Å². The Labute approximate surface area is 157 Å². The molecule has 0 heterocycles. The van der Waals surface area contributed by atoms with Crippen molar-refractivity contribution < 1.29 is 19.4 Å². The molecule has 2 aromatic rings. The maximum absolute atomic E-state index is 12.1. The molecule has 140 valence electrons. The predicted octanol–water partition coefficient (Wildman–Crippen LogP) is 3.19. The molecular formula is C16H14N4O6S. The molecule has 0 bridgehead atoms. The molecule has 2 aromatic carbocycles. The monoisotopic (exact) mass is 390 g/mol. The minimum atomic E-state index is -0.732. The maximum Gasteiger partial charge on any atom is 0.289 e. The van der Waals surface area contributed by atoms with Crippen molar-refractivity contribution in [3.63, 3.8) is 0 Å². The summed E-state index contributed by atoms with van der Waals surface area (Å²) in [6.45, 7) is 1.36. The first kappa shape index (κ1) is 19.8. The number of nitro benzene ring substituents is 2. The fourth-order valence-electron chi connectivity index (χ4n) is 2.10. The van der Waals surface area contributed by atoms with Gasteiger partial charge in [-0.3, -0.25) is 29.8 Å². The van der Waals surface area contributed by atoms with E-state index in [1.807, 2.05) is 0 Å². The zero-order valence-corrected chi connectivity index (χ0v) is 14.8. The molecule has 0 saturated heterocycles.